The van der Waals surface area contributed by atoms with Crippen LogP contribution in [0, 0.1) is 0 Å². The first-order chi connectivity index (χ1) is 14.3. The highest BCUT2D eigenvalue weighted by molar-refractivity contribution is 14.0. The first kappa shape index (κ1) is 22.8. The zero-order valence-corrected chi connectivity index (χ0v) is 20.0. The van der Waals surface area contributed by atoms with Gasteiger partial charge in [0.15, 0.2) is 5.96 Å². The summed E-state index contributed by atoms with van der Waals surface area (Å²) in [6.45, 7) is 5.18. The lowest BCUT2D eigenvalue weighted by Gasteiger charge is -2.36. The van der Waals surface area contributed by atoms with Crippen LogP contribution in [0.15, 0.2) is 59.6 Å². The summed E-state index contributed by atoms with van der Waals surface area (Å²) < 4.78 is 11.6. The molecule has 0 aliphatic carbocycles. The molecule has 1 N–H and O–H groups in total. The van der Waals surface area contributed by atoms with E-state index in [2.05, 4.69) is 56.5 Å². The number of methoxy groups -OCH3 is 1. The van der Waals surface area contributed by atoms with Crippen molar-refractivity contribution in [1.29, 1.82) is 0 Å². The molecule has 7 heteroatoms. The molecule has 2 heterocycles. The Labute approximate surface area is 196 Å². The van der Waals surface area contributed by atoms with Crippen LogP contribution in [0.5, 0.6) is 5.75 Å². The number of benzene rings is 2. The fourth-order valence-electron chi connectivity index (χ4n) is 4.30. The van der Waals surface area contributed by atoms with Gasteiger partial charge in [0, 0.05) is 45.3 Å². The molecule has 0 aromatic heterocycles. The maximum atomic E-state index is 6.11. The van der Waals surface area contributed by atoms with Crippen molar-refractivity contribution in [2.24, 2.45) is 4.99 Å². The molecule has 2 saturated heterocycles. The summed E-state index contributed by atoms with van der Waals surface area (Å²) in [7, 11) is 3.55. The predicted molar refractivity (Wildman–Crippen MR) is 131 cm³/mol. The number of morpholine rings is 1. The molecular formula is C23H31IN4O2. The Kier molecular flexibility index (Phi) is 8.35. The van der Waals surface area contributed by atoms with Crippen LogP contribution in [0.25, 0.3) is 0 Å². The van der Waals surface area contributed by atoms with Gasteiger partial charge in [0.2, 0.25) is 0 Å². The Morgan fingerprint density at radius 1 is 1.13 bits per heavy atom. The van der Waals surface area contributed by atoms with E-state index in [1.165, 1.54) is 5.56 Å². The fourth-order valence-corrected chi connectivity index (χ4v) is 4.30. The van der Waals surface area contributed by atoms with E-state index in [1.807, 2.05) is 25.2 Å². The van der Waals surface area contributed by atoms with Crippen molar-refractivity contribution >= 4 is 29.9 Å². The maximum Gasteiger partial charge on any atom is 0.194 e. The molecule has 6 nitrogen and oxygen atoms in total. The second kappa shape index (κ2) is 11.0. The fraction of sp³-hybridized carbons (Fsp3) is 0.435. The number of para-hydroxylation sites is 1. The van der Waals surface area contributed by atoms with Crippen LogP contribution in [-0.4, -0.2) is 68.3 Å². The van der Waals surface area contributed by atoms with Crippen LogP contribution < -0.4 is 10.1 Å². The molecule has 4 rings (SSSR count). The quantitative estimate of drug-likeness (QED) is 0.372. The van der Waals surface area contributed by atoms with E-state index in [1.54, 1.807) is 7.11 Å². The molecule has 0 saturated carbocycles. The number of rotatable bonds is 5. The summed E-state index contributed by atoms with van der Waals surface area (Å²) in [6, 6.07) is 19.1. The minimum Gasteiger partial charge on any atom is -0.496 e. The van der Waals surface area contributed by atoms with E-state index in [0.29, 0.717) is 12.6 Å². The first-order valence-electron chi connectivity index (χ1n) is 10.3. The topological polar surface area (TPSA) is 49.3 Å². The van der Waals surface area contributed by atoms with Gasteiger partial charge in [-0.2, -0.15) is 0 Å². The van der Waals surface area contributed by atoms with Crippen molar-refractivity contribution in [3.05, 3.63) is 65.7 Å². The summed E-state index contributed by atoms with van der Waals surface area (Å²) in [6.07, 6.45) is 0.220. The minimum absolute atomic E-state index is 0. The highest BCUT2D eigenvalue weighted by Gasteiger charge is 2.41. The zero-order chi connectivity index (χ0) is 20.1. The van der Waals surface area contributed by atoms with Crippen LogP contribution in [-0.2, 0) is 17.8 Å². The van der Waals surface area contributed by atoms with Crippen molar-refractivity contribution in [1.82, 2.24) is 15.1 Å². The van der Waals surface area contributed by atoms with Crippen molar-refractivity contribution in [3.8, 4) is 5.75 Å². The molecule has 2 fully saturated rings. The number of likely N-dealkylation sites (tertiary alicyclic amines) is 1. The largest absolute Gasteiger partial charge is 0.496 e. The van der Waals surface area contributed by atoms with E-state index in [0.717, 1.165) is 50.1 Å². The number of guanidine groups is 1. The third-order valence-corrected chi connectivity index (χ3v) is 5.79. The molecule has 0 bridgehead atoms. The van der Waals surface area contributed by atoms with Gasteiger partial charge in [-0.3, -0.25) is 9.89 Å². The van der Waals surface area contributed by atoms with E-state index in [4.69, 9.17) is 9.47 Å². The van der Waals surface area contributed by atoms with Crippen molar-refractivity contribution in [2.75, 3.05) is 40.4 Å². The summed E-state index contributed by atoms with van der Waals surface area (Å²) in [5.74, 6) is 1.80. The zero-order valence-electron chi connectivity index (χ0n) is 17.7. The van der Waals surface area contributed by atoms with Gasteiger partial charge in [0.05, 0.1) is 25.9 Å². The Morgan fingerprint density at radius 3 is 2.67 bits per heavy atom. The number of halogens is 1. The molecule has 162 valence electrons. The van der Waals surface area contributed by atoms with Crippen LogP contribution in [0.2, 0.25) is 0 Å². The van der Waals surface area contributed by atoms with Crippen molar-refractivity contribution in [3.63, 3.8) is 0 Å². The lowest BCUT2D eigenvalue weighted by Crippen LogP contribution is -2.50. The summed E-state index contributed by atoms with van der Waals surface area (Å²) in [5, 5.41) is 3.50. The maximum absolute atomic E-state index is 6.11. The van der Waals surface area contributed by atoms with Gasteiger partial charge in [-0.25, -0.2) is 0 Å². The molecule has 2 aromatic carbocycles. The Morgan fingerprint density at radius 2 is 1.90 bits per heavy atom. The molecule has 30 heavy (non-hydrogen) atoms. The van der Waals surface area contributed by atoms with Crippen molar-refractivity contribution < 1.29 is 9.47 Å². The lowest BCUT2D eigenvalue weighted by molar-refractivity contribution is -0.0502. The van der Waals surface area contributed by atoms with Crippen LogP contribution in [0.4, 0.5) is 0 Å². The van der Waals surface area contributed by atoms with Gasteiger partial charge < -0.3 is 19.7 Å². The number of aliphatic imine (C=N–C) groups is 1. The second-order valence-electron chi connectivity index (χ2n) is 7.55. The predicted octanol–water partition coefficient (Wildman–Crippen LogP) is 2.97. The highest BCUT2D eigenvalue weighted by Crippen LogP contribution is 2.25. The third kappa shape index (κ3) is 5.25. The van der Waals surface area contributed by atoms with E-state index < -0.39 is 0 Å². The SMILES string of the molecule is CN=C(NCc1ccccc1OC)N1CC2OCCN(Cc3ccccc3)C2C1.I. The molecule has 2 aromatic rings. The third-order valence-electron chi connectivity index (χ3n) is 5.79. The minimum atomic E-state index is 0. The van der Waals surface area contributed by atoms with E-state index in [-0.39, 0.29) is 30.1 Å². The average molecular weight is 522 g/mol. The smallest absolute Gasteiger partial charge is 0.194 e. The second-order valence-corrected chi connectivity index (χ2v) is 7.55. The number of ether oxygens (including phenoxy) is 2. The monoisotopic (exact) mass is 522 g/mol. The normalized spacial score (nSPS) is 21.7. The van der Waals surface area contributed by atoms with Gasteiger partial charge in [0.25, 0.3) is 0 Å². The van der Waals surface area contributed by atoms with Crippen LogP contribution in [0.3, 0.4) is 0 Å². The molecule has 2 aliphatic rings. The number of hydrogen-bond acceptors (Lipinski definition) is 4. The number of fused-ring (bicyclic) bond motifs is 1. The van der Waals surface area contributed by atoms with Gasteiger partial charge in [-0.05, 0) is 11.6 Å². The summed E-state index contributed by atoms with van der Waals surface area (Å²) in [5.41, 5.74) is 2.47. The van der Waals surface area contributed by atoms with Gasteiger partial charge in [-0.1, -0.05) is 48.5 Å². The summed E-state index contributed by atoms with van der Waals surface area (Å²) >= 11 is 0. The molecule has 2 atom stereocenters. The van der Waals surface area contributed by atoms with Crippen molar-refractivity contribution in [2.45, 2.75) is 25.2 Å². The van der Waals surface area contributed by atoms with E-state index >= 15 is 0 Å². The Bertz CT molecular complexity index is 833. The number of nitrogens with zero attached hydrogens (tertiary/aromatic N) is 3. The van der Waals surface area contributed by atoms with Crippen LogP contribution in [0.1, 0.15) is 11.1 Å². The molecular weight excluding hydrogens is 491 g/mol. The standard InChI is InChI=1S/C23H30N4O2.HI/c1-24-23(25-14-19-10-6-7-11-21(19)28-2)27-16-20-22(17-27)29-13-12-26(20)15-18-8-4-3-5-9-18;/h3-11,20,22H,12-17H2,1-2H3,(H,24,25);1H. The Hall–Kier alpha value is -1.84. The highest BCUT2D eigenvalue weighted by atomic mass is 127. The molecule has 2 unspecified atom stereocenters. The van der Waals surface area contributed by atoms with Gasteiger partial charge in [0.1, 0.15) is 5.75 Å². The first-order valence-corrected chi connectivity index (χ1v) is 10.3. The lowest BCUT2D eigenvalue weighted by atomic mass is 10.1. The molecule has 0 amide bonds. The van der Waals surface area contributed by atoms with E-state index in [9.17, 15) is 0 Å². The van der Waals surface area contributed by atoms with Crippen LogP contribution >= 0.6 is 24.0 Å². The molecule has 0 radical (unpaired) electrons. The molecule has 2 aliphatic heterocycles. The average Bonchev–Trinajstić information content (AvgIpc) is 3.20. The number of nitrogens with one attached hydrogen (secondary N) is 1. The van der Waals surface area contributed by atoms with Gasteiger partial charge >= 0.3 is 0 Å². The number of hydrogen-bond donors (Lipinski definition) is 1. The van der Waals surface area contributed by atoms with Gasteiger partial charge in [-0.15, -0.1) is 24.0 Å². The summed E-state index contributed by atoms with van der Waals surface area (Å²) in [4.78, 5) is 9.39. The Balaban J connectivity index is 0.00000256. The molecule has 0 spiro atoms.